The first-order valence-corrected chi connectivity index (χ1v) is 10.1. The number of aromatic nitrogens is 1. The average Bonchev–Trinajstić information content (AvgIpc) is 3.46. The van der Waals surface area contributed by atoms with Crippen LogP contribution in [0, 0.1) is 5.92 Å². The number of carbonyl (C=O) groups is 2. The Morgan fingerprint density at radius 3 is 2.48 bits per heavy atom. The molecule has 29 heavy (non-hydrogen) atoms. The topological polar surface area (TPSA) is 84.2 Å². The molecule has 4 rings (SSSR count). The van der Waals surface area contributed by atoms with Gasteiger partial charge in [-0.05, 0) is 54.7 Å². The van der Waals surface area contributed by atoms with Crippen LogP contribution in [0.1, 0.15) is 50.1 Å². The van der Waals surface area contributed by atoms with Gasteiger partial charge in [0, 0.05) is 16.6 Å². The van der Waals surface area contributed by atoms with Gasteiger partial charge in [0.15, 0.2) is 11.5 Å². The lowest BCUT2D eigenvalue weighted by Crippen LogP contribution is -2.39. The highest BCUT2D eigenvalue weighted by atomic mass is 35.5. The molecule has 1 aliphatic carbocycles. The Morgan fingerprint density at radius 2 is 1.83 bits per heavy atom. The molecule has 2 aromatic carbocycles. The predicted octanol–water partition coefficient (Wildman–Crippen LogP) is 4.81. The molecule has 2 N–H and O–H groups in total. The summed E-state index contributed by atoms with van der Waals surface area (Å²) in [6.07, 6.45) is 2.20. The summed E-state index contributed by atoms with van der Waals surface area (Å²) in [6.45, 7) is 3.96. The second-order valence-corrected chi connectivity index (χ2v) is 8.15. The second-order valence-electron chi connectivity index (χ2n) is 7.71. The van der Waals surface area contributed by atoms with Crippen molar-refractivity contribution in [2.24, 2.45) is 5.92 Å². The predicted molar refractivity (Wildman–Crippen MR) is 112 cm³/mol. The molecule has 0 radical (unpaired) electrons. The van der Waals surface area contributed by atoms with Crippen LogP contribution in [-0.2, 0) is 9.59 Å². The van der Waals surface area contributed by atoms with E-state index >= 15 is 0 Å². The molecule has 2 amide bonds. The van der Waals surface area contributed by atoms with Gasteiger partial charge in [0.25, 0.3) is 0 Å². The van der Waals surface area contributed by atoms with E-state index in [4.69, 9.17) is 16.0 Å². The molecule has 7 heteroatoms. The lowest BCUT2D eigenvalue weighted by Gasteiger charge is -2.22. The van der Waals surface area contributed by atoms with Crippen molar-refractivity contribution in [1.29, 1.82) is 0 Å². The van der Waals surface area contributed by atoms with Crippen molar-refractivity contribution >= 4 is 40.2 Å². The first-order valence-electron chi connectivity index (χ1n) is 9.68. The monoisotopic (exact) mass is 411 g/mol. The minimum absolute atomic E-state index is 0.0975. The summed E-state index contributed by atoms with van der Waals surface area (Å²) < 4.78 is 5.72. The molecule has 150 valence electrons. The number of hydrogen-bond donors (Lipinski definition) is 2. The largest absolute Gasteiger partial charge is 0.440 e. The fourth-order valence-electron chi connectivity index (χ4n) is 3.23. The molecular formula is C22H22ClN3O3. The summed E-state index contributed by atoms with van der Waals surface area (Å²) in [5.74, 6) is -0.177. The van der Waals surface area contributed by atoms with Gasteiger partial charge in [-0.15, -0.1) is 0 Å². The van der Waals surface area contributed by atoms with Gasteiger partial charge in [-0.3, -0.25) is 9.59 Å². The van der Waals surface area contributed by atoms with E-state index in [-0.39, 0.29) is 12.0 Å². The highest BCUT2D eigenvalue weighted by Crippen LogP contribution is 2.40. The molecule has 1 heterocycles. The van der Waals surface area contributed by atoms with Crippen molar-refractivity contribution in [2.45, 2.75) is 38.6 Å². The van der Waals surface area contributed by atoms with Crippen LogP contribution in [0.25, 0.3) is 11.1 Å². The Hall–Kier alpha value is -2.86. The van der Waals surface area contributed by atoms with Crippen molar-refractivity contribution in [3.8, 4) is 0 Å². The number of amides is 2. The lowest BCUT2D eigenvalue weighted by molar-refractivity contribution is -0.136. The Morgan fingerprint density at radius 1 is 1.10 bits per heavy atom. The smallest absolute Gasteiger partial charge is 0.313 e. The molecule has 1 aromatic heterocycles. The number of benzene rings is 2. The molecule has 1 fully saturated rings. The minimum Gasteiger partial charge on any atom is -0.440 e. The lowest BCUT2D eigenvalue weighted by atomic mass is 9.96. The van der Waals surface area contributed by atoms with Gasteiger partial charge in [0.1, 0.15) is 5.52 Å². The molecule has 0 bridgehead atoms. The van der Waals surface area contributed by atoms with E-state index < -0.39 is 11.8 Å². The fraction of sp³-hybridized carbons (Fsp3) is 0.318. The number of nitrogens with zero attached hydrogens (tertiary/aromatic N) is 1. The van der Waals surface area contributed by atoms with Crippen molar-refractivity contribution in [3.05, 3.63) is 58.9 Å². The number of fused-ring (bicyclic) bond motifs is 1. The summed E-state index contributed by atoms with van der Waals surface area (Å²) in [5.41, 5.74) is 2.74. The van der Waals surface area contributed by atoms with Crippen LogP contribution >= 0.6 is 11.6 Å². The maximum Gasteiger partial charge on any atom is 0.313 e. The van der Waals surface area contributed by atoms with Crippen LogP contribution in [0.3, 0.4) is 0 Å². The Bertz CT molecular complexity index is 1050. The van der Waals surface area contributed by atoms with Crippen molar-refractivity contribution in [2.75, 3.05) is 5.32 Å². The van der Waals surface area contributed by atoms with Crippen LogP contribution < -0.4 is 10.6 Å². The minimum atomic E-state index is -0.727. The quantitative estimate of drug-likeness (QED) is 0.590. The molecule has 0 unspecified atom stereocenters. The van der Waals surface area contributed by atoms with Gasteiger partial charge in [0.2, 0.25) is 0 Å². The molecular weight excluding hydrogens is 390 g/mol. The third kappa shape index (κ3) is 4.43. The normalized spacial score (nSPS) is 14.8. The van der Waals surface area contributed by atoms with Crippen LogP contribution in [-0.4, -0.2) is 16.8 Å². The molecule has 0 aliphatic heterocycles. The number of rotatable bonds is 5. The number of nitrogens with one attached hydrogen (secondary N) is 2. The first-order chi connectivity index (χ1) is 13.9. The summed E-state index contributed by atoms with van der Waals surface area (Å²) in [7, 11) is 0. The number of anilines is 1. The van der Waals surface area contributed by atoms with E-state index in [1.165, 1.54) is 0 Å². The van der Waals surface area contributed by atoms with E-state index in [0.29, 0.717) is 27.7 Å². The van der Waals surface area contributed by atoms with Crippen molar-refractivity contribution in [3.63, 3.8) is 0 Å². The van der Waals surface area contributed by atoms with Gasteiger partial charge in [-0.2, -0.15) is 0 Å². The molecule has 6 nitrogen and oxygen atoms in total. The molecule has 1 aliphatic rings. The fourth-order valence-corrected chi connectivity index (χ4v) is 3.35. The second kappa shape index (κ2) is 7.87. The van der Waals surface area contributed by atoms with E-state index in [1.807, 2.05) is 26.0 Å². The highest BCUT2D eigenvalue weighted by molar-refractivity contribution is 6.39. The van der Waals surface area contributed by atoms with Gasteiger partial charge in [-0.1, -0.05) is 37.6 Å². The maximum atomic E-state index is 12.5. The summed E-state index contributed by atoms with van der Waals surface area (Å²) in [4.78, 5) is 29.4. The Balaban J connectivity index is 1.44. The van der Waals surface area contributed by atoms with Gasteiger partial charge < -0.3 is 15.1 Å². The van der Waals surface area contributed by atoms with Crippen LogP contribution in [0.15, 0.2) is 46.9 Å². The number of carbonyl (C=O) groups excluding carboxylic acids is 2. The standard InChI is InChI=1S/C22H22ClN3O3/c1-12(2)19(13-5-7-15(23)8-6-13)26-21(28)20(27)24-16-9-10-18-17(11-16)25-22(29-18)14-3-4-14/h5-12,14,19H,3-4H2,1-2H3,(H,24,27)(H,26,28)/t19-/m0/s1. The summed E-state index contributed by atoms with van der Waals surface area (Å²) in [5, 5.41) is 6.07. The highest BCUT2D eigenvalue weighted by Gasteiger charge is 2.29. The Labute approximate surface area is 173 Å². The van der Waals surface area contributed by atoms with E-state index in [2.05, 4.69) is 15.6 Å². The third-order valence-corrected chi connectivity index (χ3v) is 5.23. The van der Waals surface area contributed by atoms with Crippen molar-refractivity contribution < 1.29 is 14.0 Å². The first kappa shape index (κ1) is 19.5. The molecule has 1 atom stereocenters. The maximum absolute atomic E-state index is 12.5. The number of halogens is 1. The number of hydrogen-bond acceptors (Lipinski definition) is 4. The third-order valence-electron chi connectivity index (χ3n) is 4.98. The average molecular weight is 412 g/mol. The van der Waals surface area contributed by atoms with E-state index in [1.54, 1.807) is 30.3 Å². The molecule has 1 saturated carbocycles. The van der Waals surface area contributed by atoms with Crippen LogP contribution in [0.2, 0.25) is 5.02 Å². The van der Waals surface area contributed by atoms with E-state index in [9.17, 15) is 9.59 Å². The van der Waals surface area contributed by atoms with Gasteiger partial charge in [-0.25, -0.2) is 4.98 Å². The van der Waals surface area contributed by atoms with Crippen LogP contribution in [0.4, 0.5) is 5.69 Å². The zero-order valence-corrected chi connectivity index (χ0v) is 17.0. The summed E-state index contributed by atoms with van der Waals surface area (Å²) >= 11 is 5.94. The zero-order chi connectivity index (χ0) is 20.5. The molecule has 3 aromatic rings. The zero-order valence-electron chi connectivity index (χ0n) is 16.2. The van der Waals surface area contributed by atoms with Gasteiger partial charge >= 0.3 is 11.8 Å². The van der Waals surface area contributed by atoms with Crippen LogP contribution in [0.5, 0.6) is 0 Å². The summed E-state index contributed by atoms with van der Waals surface area (Å²) in [6, 6.07) is 12.1. The van der Waals surface area contributed by atoms with Gasteiger partial charge in [0.05, 0.1) is 6.04 Å². The molecule has 0 saturated heterocycles. The Kier molecular flexibility index (Phi) is 5.28. The SMILES string of the molecule is CC(C)[C@H](NC(=O)C(=O)Nc1ccc2oc(C3CC3)nc2c1)c1ccc(Cl)cc1. The van der Waals surface area contributed by atoms with Crippen molar-refractivity contribution in [1.82, 2.24) is 10.3 Å². The number of oxazole rings is 1. The van der Waals surface area contributed by atoms with E-state index in [0.717, 1.165) is 24.3 Å². The molecule has 0 spiro atoms.